The highest BCUT2D eigenvalue weighted by Crippen LogP contribution is 2.31. The summed E-state index contributed by atoms with van der Waals surface area (Å²) in [5.74, 6) is 0.309. The average molecular weight is 453 g/mol. The zero-order valence-corrected chi connectivity index (χ0v) is 18.8. The van der Waals surface area contributed by atoms with Gasteiger partial charge in [0.2, 0.25) is 11.8 Å². The van der Waals surface area contributed by atoms with Crippen LogP contribution in [-0.4, -0.2) is 77.0 Å². The van der Waals surface area contributed by atoms with E-state index in [1.807, 2.05) is 13.8 Å². The average Bonchev–Trinajstić information content (AvgIpc) is 3.19. The van der Waals surface area contributed by atoms with Crippen molar-refractivity contribution in [3.63, 3.8) is 0 Å². The van der Waals surface area contributed by atoms with Crippen molar-refractivity contribution in [2.24, 2.45) is 0 Å². The Kier molecular flexibility index (Phi) is 8.38. The maximum absolute atomic E-state index is 12.3. The van der Waals surface area contributed by atoms with Gasteiger partial charge in [-0.1, -0.05) is 34.9 Å². The van der Waals surface area contributed by atoms with Gasteiger partial charge in [-0.3, -0.25) is 9.59 Å². The van der Waals surface area contributed by atoms with Crippen molar-refractivity contribution in [1.82, 2.24) is 20.4 Å². The molecule has 2 heterocycles. The minimum atomic E-state index is -3.02. The molecule has 0 bridgehead atoms. The van der Waals surface area contributed by atoms with E-state index in [-0.39, 0.29) is 29.4 Å². The molecule has 1 fully saturated rings. The van der Waals surface area contributed by atoms with Crippen LogP contribution < -0.4 is 5.32 Å². The predicted molar refractivity (Wildman–Crippen MR) is 109 cm³/mol. The van der Waals surface area contributed by atoms with Gasteiger partial charge in [-0.05, 0) is 27.2 Å². The SMILES string of the molecule is CCN(CC)C(=O)CSc1nnc(SC(C)C(=O)NC2CCS(=O)(=O)C2)s1. The lowest BCUT2D eigenvalue weighted by Gasteiger charge is -2.17. The summed E-state index contributed by atoms with van der Waals surface area (Å²) in [5.41, 5.74) is 0. The summed E-state index contributed by atoms with van der Waals surface area (Å²) in [7, 11) is -3.02. The Morgan fingerprint density at radius 2 is 1.96 bits per heavy atom. The first-order chi connectivity index (χ1) is 12.7. The minimum absolute atomic E-state index is 0.0102. The van der Waals surface area contributed by atoms with Gasteiger partial charge >= 0.3 is 0 Å². The van der Waals surface area contributed by atoms with Gasteiger partial charge in [0, 0.05) is 19.1 Å². The Balaban J connectivity index is 1.80. The zero-order chi connectivity index (χ0) is 20.0. The third-order valence-electron chi connectivity index (χ3n) is 4.05. The molecule has 2 unspecified atom stereocenters. The maximum atomic E-state index is 12.3. The van der Waals surface area contributed by atoms with Crippen LogP contribution in [0.5, 0.6) is 0 Å². The van der Waals surface area contributed by atoms with Crippen molar-refractivity contribution in [1.29, 1.82) is 0 Å². The first kappa shape index (κ1) is 22.4. The minimum Gasteiger partial charge on any atom is -0.351 e. The van der Waals surface area contributed by atoms with Gasteiger partial charge in [0.15, 0.2) is 18.5 Å². The van der Waals surface area contributed by atoms with E-state index in [2.05, 4.69) is 15.5 Å². The molecule has 2 atom stereocenters. The van der Waals surface area contributed by atoms with Gasteiger partial charge in [-0.25, -0.2) is 8.42 Å². The van der Waals surface area contributed by atoms with Crippen LogP contribution in [0.25, 0.3) is 0 Å². The Bertz CT molecular complexity index is 764. The molecule has 0 radical (unpaired) electrons. The number of carbonyl (C=O) groups is 2. The third-order valence-corrected chi connectivity index (χ3v) is 9.04. The number of nitrogens with one attached hydrogen (secondary N) is 1. The van der Waals surface area contributed by atoms with Gasteiger partial charge in [0.1, 0.15) is 0 Å². The second kappa shape index (κ2) is 10.1. The molecule has 0 aromatic carbocycles. The molecule has 152 valence electrons. The van der Waals surface area contributed by atoms with Crippen LogP contribution in [-0.2, 0) is 19.4 Å². The molecule has 1 saturated heterocycles. The van der Waals surface area contributed by atoms with Crippen molar-refractivity contribution < 1.29 is 18.0 Å². The van der Waals surface area contributed by atoms with Gasteiger partial charge in [0.05, 0.1) is 22.5 Å². The van der Waals surface area contributed by atoms with E-state index in [9.17, 15) is 18.0 Å². The van der Waals surface area contributed by atoms with Crippen molar-refractivity contribution in [3.8, 4) is 0 Å². The first-order valence-electron chi connectivity index (χ1n) is 8.65. The lowest BCUT2D eigenvalue weighted by Crippen LogP contribution is -2.39. The fraction of sp³-hybridized carbons (Fsp3) is 0.733. The second-order valence-corrected chi connectivity index (χ2v) is 12.1. The highest BCUT2D eigenvalue weighted by atomic mass is 32.2. The molecular weight excluding hydrogens is 428 g/mol. The number of rotatable bonds is 9. The molecule has 2 amide bonds. The van der Waals surface area contributed by atoms with E-state index < -0.39 is 15.1 Å². The topological polar surface area (TPSA) is 109 Å². The van der Waals surface area contributed by atoms with Crippen molar-refractivity contribution >= 4 is 56.5 Å². The summed E-state index contributed by atoms with van der Waals surface area (Å²) in [6, 6.07) is -0.308. The lowest BCUT2D eigenvalue weighted by molar-refractivity contribution is -0.128. The zero-order valence-electron chi connectivity index (χ0n) is 15.5. The van der Waals surface area contributed by atoms with E-state index >= 15 is 0 Å². The number of aromatic nitrogens is 2. The van der Waals surface area contributed by atoms with E-state index in [1.165, 1.54) is 34.9 Å². The fourth-order valence-electron chi connectivity index (χ4n) is 2.53. The van der Waals surface area contributed by atoms with Gasteiger partial charge < -0.3 is 10.2 Å². The maximum Gasteiger partial charge on any atom is 0.233 e. The molecule has 2 rings (SSSR count). The van der Waals surface area contributed by atoms with E-state index in [1.54, 1.807) is 11.8 Å². The Morgan fingerprint density at radius 1 is 1.30 bits per heavy atom. The summed E-state index contributed by atoms with van der Waals surface area (Å²) in [6.07, 6.45) is 0.464. The van der Waals surface area contributed by atoms with Crippen LogP contribution in [0.2, 0.25) is 0 Å². The number of thioether (sulfide) groups is 2. The summed E-state index contributed by atoms with van der Waals surface area (Å²) in [6.45, 7) is 7.00. The number of carbonyl (C=O) groups excluding carboxylic acids is 2. The van der Waals surface area contributed by atoms with E-state index in [4.69, 9.17) is 0 Å². The Labute approximate surface area is 172 Å². The lowest BCUT2D eigenvalue weighted by atomic mass is 10.2. The van der Waals surface area contributed by atoms with Gasteiger partial charge in [0.25, 0.3) is 0 Å². The molecular formula is C15H24N4O4S4. The molecule has 0 aliphatic carbocycles. The Hall–Kier alpha value is -0.850. The molecule has 0 spiro atoms. The number of amides is 2. The third kappa shape index (κ3) is 6.91. The van der Waals surface area contributed by atoms with Gasteiger partial charge in [-0.15, -0.1) is 10.2 Å². The number of hydrogen-bond donors (Lipinski definition) is 1. The molecule has 1 aromatic rings. The van der Waals surface area contributed by atoms with Crippen LogP contribution in [0.1, 0.15) is 27.2 Å². The van der Waals surface area contributed by atoms with Crippen molar-refractivity contribution in [2.75, 3.05) is 30.3 Å². The Morgan fingerprint density at radius 3 is 2.56 bits per heavy atom. The highest BCUT2D eigenvalue weighted by Gasteiger charge is 2.30. The monoisotopic (exact) mass is 452 g/mol. The largest absolute Gasteiger partial charge is 0.351 e. The quantitative estimate of drug-likeness (QED) is 0.558. The summed E-state index contributed by atoms with van der Waals surface area (Å²) in [5, 5.41) is 10.5. The van der Waals surface area contributed by atoms with Crippen LogP contribution in [0.15, 0.2) is 8.68 Å². The summed E-state index contributed by atoms with van der Waals surface area (Å²) in [4.78, 5) is 26.0. The van der Waals surface area contributed by atoms with E-state index in [0.29, 0.717) is 33.9 Å². The molecule has 0 saturated carbocycles. The highest BCUT2D eigenvalue weighted by molar-refractivity contribution is 8.04. The van der Waals surface area contributed by atoms with Crippen LogP contribution >= 0.6 is 34.9 Å². The standard InChI is InChI=1S/C15H24N4O4S4/c1-4-19(5-2)12(20)8-24-14-17-18-15(26-14)25-10(3)13(21)16-11-6-7-27(22,23)9-11/h10-11H,4-9H2,1-3H3,(H,16,21). The fourth-order valence-corrected chi connectivity index (χ4v) is 7.28. The molecule has 27 heavy (non-hydrogen) atoms. The molecule has 1 aliphatic heterocycles. The van der Waals surface area contributed by atoms with Crippen LogP contribution in [0.4, 0.5) is 0 Å². The van der Waals surface area contributed by atoms with Crippen LogP contribution in [0.3, 0.4) is 0 Å². The molecule has 12 heteroatoms. The molecule has 1 aromatic heterocycles. The first-order valence-corrected chi connectivity index (χ1v) is 13.2. The number of hydrogen-bond acceptors (Lipinski definition) is 9. The second-order valence-electron chi connectivity index (χ2n) is 6.06. The number of nitrogens with zero attached hydrogens (tertiary/aromatic N) is 3. The smallest absolute Gasteiger partial charge is 0.233 e. The normalized spacial score (nSPS) is 19.6. The molecule has 8 nitrogen and oxygen atoms in total. The van der Waals surface area contributed by atoms with Crippen LogP contribution in [0, 0.1) is 0 Å². The summed E-state index contributed by atoms with van der Waals surface area (Å²) < 4.78 is 24.3. The summed E-state index contributed by atoms with van der Waals surface area (Å²) >= 11 is 3.97. The van der Waals surface area contributed by atoms with Crippen molar-refractivity contribution in [3.05, 3.63) is 0 Å². The van der Waals surface area contributed by atoms with Crippen molar-refractivity contribution in [2.45, 2.75) is 47.2 Å². The molecule has 1 aliphatic rings. The molecule has 1 N–H and O–H groups in total. The predicted octanol–water partition coefficient (Wildman–Crippen LogP) is 1.28. The van der Waals surface area contributed by atoms with E-state index in [0.717, 1.165) is 0 Å². The number of sulfone groups is 1. The van der Waals surface area contributed by atoms with Gasteiger partial charge in [-0.2, -0.15) is 0 Å².